The summed E-state index contributed by atoms with van der Waals surface area (Å²) in [7, 11) is 1.58. The van der Waals surface area contributed by atoms with Gasteiger partial charge in [0.2, 0.25) is 0 Å². The fourth-order valence-corrected chi connectivity index (χ4v) is 2.57. The van der Waals surface area contributed by atoms with Crippen molar-refractivity contribution in [2.45, 2.75) is 13.5 Å². The van der Waals surface area contributed by atoms with Crippen LogP contribution in [0, 0.1) is 6.92 Å². The molecule has 0 bridgehead atoms. The second kappa shape index (κ2) is 8.21. The monoisotopic (exact) mass is 347 g/mol. The molecule has 26 heavy (non-hydrogen) atoms. The Morgan fingerprint density at radius 2 is 1.73 bits per heavy atom. The van der Waals surface area contributed by atoms with Crippen LogP contribution in [0.2, 0.25) is 0 Å². The molecule has 1 amide bonds. The third-order valence-corrected chi connectivity index (χ3v) is 3.97. The number of ether oxygens (including phenoxy) is 2. The standard InChI is InChI=1S/C22H21NO3/c1-16-6-5-7-19(14-16)26-15-17-10-12-18(13-11-17)22(24)23-20-8-3-4-9-21(20)25-2/h3-14H,15H2,1-2H3,(H,23,24). The highest BCUT2D eigenvalue weighted by Gasteiger charge is 2.09. The van der Waals surface area contributed by atoms with E-state index in [9.17, 15) is 4.79 Å². The Kier molecular flexibility index (Phi) is 5.54. The van der Waals surface area contributed by atoms with Crippen LogP contribution in [0.3, 0.4) is 0 Å². The summed E-state index contributed by atoms with van der Waals surface area (Å²) >= 11 is 0. The van der Waals surface area contributed by atoms with E-state index in [4.69, 9.17) is 9.47 Å². The van der Waals surface area contributed by atoms with Crippen LogP contribution >= 0.6 is 0 Å². The lowest BCUT2D eigenvalue weighted by Gasteiger charge is -2.10. The van der Waals surface area contributed by atoms with Crippen molar-refractivity contribution in [3.8, 4) is 11.5 Å². The van der Waals surface area contributed by atoms with E-state index in [1.165, 1.54) is 0 Å². The second-order valence-electron chi connectivity index (χ2n) is 5.96. The maximum absolute atomic E-state index is 12.4. The van der Waals surface area contributed by atoms with Gasteiger partial charge in [0, 0.05) is 5.56 Å². The molecule has 0 heterocycles. The zero-order chi connectivity index (χ0) is 18.4. The van der Waals surface area contributed by atoms with E-state index < -0.39 is 0 Å². The Balaban J connectivity index is 1.62. The van der Waals surface area contributed by atoms with Crippen molar-refractivity contribution < 1.29 is 14.3 Å². The molecule has 0 aliphatic rings. The molecule has 3 aromatic carbocycles. The van der Waals surface area contributed by atoms with Crippen molar-refractivity contribution in [1.82, 2.24) is 0 Å². The van der Waals surface area contributed by atoms with E-state index in [1.54, 1.807) is 31.4 Å². The molecule has 0 unspecified atom stereocenters. The molecule has 0 aromatic heterocycles. The van der Waals surface area contributed by atoms with Crippen molar-refractivity contribution in [2.24, 2.45) is 0 Å². The van der Waals surface area contributed by atoms with Crippen LogP contribution in [0.1, 0.15) is 21.5 Å². The molecule has 0 atom stereocenters. The maximum atomic E-state index is 12.4. The number of rotatable bonds is 6. The fraction of sp³-hybridized carbons (Fsp3) is 0.136. The number of carbonyl (C=O) groups excluding carboxylic acids is 1. The molecule has 0 radical (unpaired) electrons. The molecule has 4 heteroatoms. The van der Waals surface area contributed by atoms with Gasteiger partial charge in [-0.1, -0.05) is 36.4 Å². The molecule has 1 N–H and O–H groups in total. The van der Waals surface area contributed by atoms with Crippen molar-refractivity contribution >= 4 is 11.6 Å². The van der Waals surface area contributed by atoms with E-state index in [-0.39, 0.29) is 5.91 Å². The van der Waals surface area contributed by atoms with Gasteiger partial charge in [-0.15, -0.1) is 0 Å². The number of para-hydroxylation sites is 2. The van der Waals surface area contributed by atoms with Gasteiger partial charge in [-0.25, -0.2) is 0 Å². The number of aryl methyl sites for hydroxylation is 1. The van der Waals surface area contributed by atoms with Crippen LogP contribution in [0.4, 0.5) is 5.69 Å². The summed E-state index contributed by atoms with van der Waals surface area (Å²) in [6.07, 6.45) is 0. The van der Waals surface area contributed by atoms with Gasteiger partial charge in [0.05, 0.1) is 12.8 Å². The van der Waals surface area contributed by atoms with Gasteiger partial charge in [0.15, 0.2) is 0 Å². The summed E-state index contributed by atoms with van der Waals surface area (Å²) in [5.74, 6) is 1.28. The van der Waals surface area contributed by atoms with Gasteiger partial charge >= 0.3 is 0 Å². The summed E-state index contributed by atoms with van der Waals surface area (Å²) in [5, 5.41) is 2.87. The molecule has 0 saturated carbocycles. The highest BCUT2D eigenvalue weighted by Crippen LogP contribution is 2.23. The molecular formula is C22H21NO3. The minimum atomic E-state index is -0.180. The number of anilines is 1. The summed E-state index contributed by atoms with van der Waals surface area (Å²) in [6.45, 7) is 2.49. The van der Waals surface area contributed by atoms with Crippen LogP contribution in [-0.2, 0) is 6.61 Å². The summed E-state index contributed by atoms with van der Waals surface area (Å²) < 4.78 is 11.0. The number of amides is 1. The molecule has 132 valence electrons. The highest BCUT2D eigenvalue weighted by molar-refractivity contribution is 6.05. The number of hydrogen-bond donors (Lipinski definition) is 1. The van der Waals surface area contributed by atoms with Crippen LogP contribution in [0.15, 0.2) is 72.8 Å². The molecule has 0 aliphatic carbocycles. The molecule has 3 rings (SSSR count). The largest absolute Gasteiger partial charge is 0.495 e. The van der Waals surface area contributed by atoms with Crippen LogP contribution < -0.4 is 14.8 Å². The highest BCUT2D eigenvalue weighted by atomic mass is 16.5. The van der Waals surface area contributed by atoms with Crippen LogP contribution in [0.5, 0.6) is 11.5 Å². The van der Waals surface area contributed by atoms with Crippen molar-refractivity contribution in [1.29, 1.82) is 0 Å². The third kappa shape index (κ3) is 4.42. The molecule has 0 spiro atoms. The number of methoxy groups -OCH3 is 1. The first-order chi connectivity index (χ1) is 12.7. The molecule has 0 fully saturated rings. The first kappa shape index (κ1) is 17.5. The van der Waals surface area contributed by atoms with Gasteiger partial charge in [0.25, 0.3) is 5.91 Å². The van der Waals surface area contributed by atoms with Crippen LogP contribution in [-0.4, -0.2) is 13.0 Å². The minimum Gasteiger partial charge on any atom is -0.495 e. The Morgan fingerprint density at radius 3 is 2.46 bits per heavy atom. The fourth-order valence-electron chi connectivity index (χ4n) is 2.57. The van der Waals surface area contributed by atoms with Gasteiger partial charge < -0.3 is 14.8 Å². The van der Waals surface area contributed by atoms with Gasteiger partial charge in [0.1, 0.15) is 18.1 Å². The van der Waals surface area contributed by atoms with E-state index >= 15 is 0 Å². The summed E-state index contributed by atoms with van der Waals surface area (Å²) in [5.41, 5.74) is 3.38. The Morgan fingerprint density at radius 1 is 0.962 bits per heavy atom. The van der Waals surface area contributed by atoms with E-state index in [0.29, 0.717) is 23.6 Å². The lowest BCUT2D eigenvalue weighted by Crippen LogP contribution is -2.12. The Bertz CT molecular complexity index is 888. The second-order valence-corrected chi connectivity index (χ2v) is 5.96. The smallest absolute Gasteiger partial charge is 0.255 e. The van der Waals surface area contributed by atoms with Crippen molar-refractivity contribution in [2.75, 3.05) is 12.4 Å². The van der Waals surface area contributed by atoms with Gasteiger partial charge in [-0.2, -0.15) is 0 Å². The summed E-state index contributed by atoms with van der Waals surface area (Å²) in [6, 6.07) is 22.6. The first-order valence-electron chi connectivity index (χ1n) is 8.38. The lowest BCUT2D eigenvalue weighted by atomic mass is 10.1. The van der Waals surface area contributed by atoms with E-state index in [2.05, 4.69) is 5.32 Å². The van der Waals surface area contributed by atoms with Gasteiger partial charge in [-0.05, 0) is 54.4 Å². The van der Waals surface area contributed by atoms with E-state index in [0.717, 1.165) is 16.9 Å². The number of nitrogens with one attached hydrogen (secondary N) is 1. The average molecular weight is 347 g/mol. The topological polar surface area (TPSA) is 47.6 Å². The van der Waals surface area contributed by atoms with Crippen molar-refractivity contribution in [3.63, 3.8) is 0 Å². The number of carbonyl (C=O) groups is 1. The zero-order valence-electron chi connectivity index (χ0n) is 14.9. The lowest BCUT2D eigenvalue weighted by molar-refractivity contribution is 0.102. The zero-order valence-corrected chi connectivity index (χ0v) is 14.9. The maximum Gasteiger partial charge on any atom is 0.255 e. The minimum absolute atomic E-state index is 0.180. The molecule has 0 saturated heterocycles. The number of hydrogen-bond acceptors (Lipinski definition) is 3. The Labute approximate surface area is 153 Å². The molecule has 4 nitrogen and oxygen atoms in total. The van der Waals surface area contributed by atoms with E-state index in [1.807, 2.05) is 55.5 Å². The van der Waals surface area contributed by atoms with Crippen LogP contribution in [0.25, 0.3) is 0 Å². The molecule has 0 aliphatic heterocycles. The SMILES string of the molecule is COc1ccccc1NC(=O)c1ccc(COc2cccc(C)c2)cc1. The predicted molar refractivity (Wildman–Crippen MR) is 103 cm³/mol. The quantitative estimate of drug-likeness (QED) is 0.694. The molecule has 3 aromatic rings. The third-order valence-electron chi connectivity index (χ3n) is 3.97. The average Bonchev–Trinajstić information content (AvgIpc) is 2.67. The predicted octanol–water partition coefficient (Wildman–Crippen LogP) is 4.83. The van der Waals surface area contributed by atoms with Gasteiger partial charge in [-0.3, -0.25) is 4.79 Å². The Hall–Kier alpha value is -3.27. The summed E-state index contributed by atoms with van der Waals surface area (Å²) in [4.78, 5) is 12.4. The normalized spacial score (nSPS) is 10.2. The first-order valence-corrected chi connectivity index (χ1v) is 8.38. The van der Waals surface area contributed by atoms with Crippen molar-refractivity contribution in [3.05, 3.63) is 89.5 Å². The number of benzene rings is 3. The molecular weight excluding hydrogens is 326 g/mol.